The predicted octanol–water partition coefficient (Wildman–Crippen LogP) is 2.21. The molecule has 0 aliphatic heterocycles. The van der Waals surface area contributed by atoms with E-state index in [0.29, 0.717) is 0 Å². The molecule has 0 heterocycles. The zero-order valence-electron chi connectivity index (χ0n) is 7.89. The number of terminal acetylenes is 1. The Morgan fingerprint density at radius 3 is 2.17 bits per heavy atom. The molecule has 0 atom stereocenters. The van der Waals surface area contributed by atoms with Gasteiger partial charge in [-0.2, -0.15) is 0 Å². The summed E-state index contributed by atoms with van der Waals surface area (Å²) in [6, 6.07) is 8.29. The molecule has 0 aliphatic rings. The van der Waals surface area contributed by atoms with E-state index < -0.39 is 13.3 Å². The van der Waals surface area contributed by atoms with Gasteiger partial charge in [-0.15, -0.1) is 0 Å². The van der Waals surface area contributed by atoms with Crippen molar-refractivity contribution in [1.29, 1.82) is 0 Å². The van der Waals surface area contributed by atoms with Crippen LogP contribution in [-0.2, 0) is 0 Å². The molecule has 0 N–H and O–H groups in total. The Morgan fingerprint density at radius 2 is 1.75 bits per heavy atom. The molecule has 0 radical (unpaired) electrons. The van der Waals surface area contributed by atoms with Gasteiger partial charge in [-0.25, -0.2) is 0 Å². The third-order valence-corrected chi connectivity index (χ3v) is 6.20. The molecule has 1 heteroatoms. The zero-order chi connectivity index (χ0) is 9.19. The first-order chi connectivity index (χ1) is 5.55. The van der Waals surface area contributed by atoms with Crippen molar-refractivity contribution in [2.75, 3.05) is 0 Å². The van der Waals surface area contributed by atoms with Crippen LogP contribution in [0, 0.1) is 12.3 Å². The Labute approximate surface area is 77.4 Å². The van der Waals surface area contributed by atoms with Crippen LogP contribution >= 0.6 is 0 Å². The molecule has 0 aliphatic carbocycles. The van der Waals surface area contributed by atoms with E-state index in [2.05, 4.69) is 35.3 Å². The van der Waals surface area contributed by atoms with E-state index in [1.54, 1.807) is 0 Å². The molecule has 0 saturated carbocycles. The molecule has 1 rings (SSSR count). The van der Waals surface area contributed by atoms with Crippen molar-refractivity contribution in [2.24, 2.45) is 0 Å². The summed E-state index contributed by atoms with van der Waals surface area (Å²) in [5, 5.41) is 0. The Kier molecular flexibility index (Phi) is 2.64. The predicted molar refractivity (Wildman–Crippen MR) is 57.4 cm³/mol. The van der Waals surface area contributed by atoms with Gasteiger partial charge >= 0.3 is 77.1 Å². The summed E-state index contributed by atoms with van der Waals surface area (Å²) in [5.74, 6) is 9.82. The van der Waals surface area contributed by atoms with E-state index in [-0.39, 0.29) is 0 Å². The van der Waals surface area contributed by atoms with Crippen molar-refractivity contribution in [1.82, 2.24) is 0 Å². The van der Waals surface area contributed by atoms with Crippen LogP contribution in [0.5, 0.6) is 0 Å². The fraction of sp³-hybridized carbons (Fsp3) is 0.273. The molecule has 0 bridgehead atoms. The van der Waals surface area contributed by atoms with Crippen LogP contribution in [0.25, 0.3) is 0 Å². The molecule has 0 nitrogen and oxygen atoms in total. The van der Waals surface area contributed by atoms with E-state index in [1.807, 2.05) is 12.1 Å². The topological polar surface area (TPSA) is 0 Å². The van der Waals surface area contributed by atoms with Crippen LogP contribution in [0.15, 0.2) is 24.3 Å². The molecule has 12 heavy (non-hydrogen) atoms. The summed E-state index contributed by atoms with van der Waals surface area (Å²) in [4.78, 5) is 0. The second kappa shape index (κ2) is 3.37. The Bertz CT molecular complexity index is 313. The van der Waals surface area contributed by atoms with Crippen LogP contribution in [0.4, 0.5) is 0 Å². The molecule has 0 saturated heterocycles. The van der Waals surface area contributed by atoms with Gasteiger partial charge in [-0.3, -0.25) is 0 Å². The van der Waals surface area contributed by atoms with Crippen LogP contribution < -0.4 is 4.40 Å². The molecule has 1 aromatic rings. The summed E-state index contributed by atoms with van der Waals surface area (Å²) in [5.41, 5.74) is 1.09. The van der Waals surface area contributed by atoms with E-state index in [4.69, 9.17) is 6.42 Å². The third-order valence-electron chi connectivity index (χ3n) is 1.89. The van der Waals surface area contributed by atoms with Crippen LogP contribution in [0.1, 0.15) is 5.56 Å². The van der Waals surface area contributed by atoms with Crippen molar-refractivity contribution in [3.8, 4) is 12.3 Å². The average Bonchev–Trinajstić information content (AvgIpc) is 2.03. The summed E-state index contributed by atoms with van der Waals surface area (Å²) in [6.45, 7) is 0. The summed E-state index contributed by atoms with van der Waals surface area (Å²) < 4.78 is 1.43. The fourth-order valence-electron chi connectivity index (χ4n) is 1.26. The Balaban J connectivity index is 3.26. The minimum absolute atomic E-state index is 1.09. The normalized spacial score (nSPS) is 10.8. The van der Waals surface area contributed by atoms with Gasteiger partial charge in [0.05, 0.1) is 0 Å². The Hall–Kier alpha value is -0.677. The van der Waals surface area contributed by atoms with E-state index in [9.17, 15) is 0 Å². The fourth-order valence-corrected chi connectivity index (χ4v) is 4.54. The van der Waals surface area contributed by atoms with Crippen molar-refractivity contribution in [3.63, 3.8) is 0 Å². The van der Waals surface area contributed by atoms with Gasteiger partial charge < -0.3 is 0 Å². The summed E-state index contributed by atoms with van der Waals surface area (Å²) >= 11 is -1.73. The number of hydrogen-bond donors (Lipinski definition) is 0. The molecule has 1 aromatic carbocycles. The molecular formula is C11H14Ge. The van der Waals surface area contributed by atoms with Gasteiger partial charge in [-0.1, -0.05) is 0 Å². The molecule has 0 unspecified atom stereocenters. The SMILES string of the molecule is C#Cc1cccc[c]1[Ge]([CH3])([CH3])[CH3]. The van der Waals surface area contributed by atoms with Gasteiger partial charge in [0.2, 0.25) is 0 Å². The molecule has 0 fully saturated rings. The quantitative estimate of drug-likeness (QED) is 0.501. The monoisotopic (exact) mass is 220 g/mol. The van der Waals surface area contributed by atoms with Crippen LogP contribution in [-0.4, -0.2) is 13.3 Å². The zero-order valence-corrected chi connectivity index (χ0v) is 9.98. The van der Waals surface area contributed by atoms with Gasteiger partial charge in [0.1, 0.15) is 0 Å². The number of rotatable bonds is 1. The second-order valence-corrected chi connectivity index (χ2v) is 14.5. The first kappa shape index (κ1) is 9.41. The molecule has 0 spiro atoms. The van der Waals surface area contributed by atoms with E-state index in [1.165, 1.54) is 4.40 Å². The van der Waals surface area contributed by atoms with Gasteiger partial charge in [0.25, 0.3) is 0 Å². The van der Waals surface area contributed by atoms with Crippen molar-refractivity contribution in [2.45, 2.75) is 17.3 Å². The molecular weight excluding hydrogens is 205 g/mol. The minimum atomic E-state index is -1.73. The maximum absolute atomic E-state index is 5.43. The van der Waals surface area contributed by atoms with Gasteiger partial charge in [0, 0.05) is 0 Å². The van der Waals surface area contributed by atoms with Gasteiger partial charge in [0.15, 0.2) is 0 Å². The molecule has 0 amide bonds. The summed E-state index contributed by atoms with van der Waals surface area (Å²) in [6.07, 6.45) is 5.43. The average molecular weight is 219 g/mol. The van der Waals surface area contributed by atoms with Crippen LogP contribution in [0.3, 0.4) is 0 Å². The second-order valence-electron chi connectivity index (χ2n) is 3.94. The van der Waals surface area contributed by atoms with Crippen LogP contribution in [0.2, 0.25) is 17.3 Å². The third kappa shape index (κ3) is 1.92. The van der Waals surface area contributed by atoms with Crippen molar-refractivity contribution >= 4 is 17.7 Å². The first-order valence-electron chi connectivity index (χ1n) is 4.12. The van der Waals surface area contributed by atoms with E-state index >= 15 is 0 Å². The van der Waals surface area contributed by atoms with Crippen molar-refractivity contribution < 1.29 is 0 Å². The first-order valence-corrected chi connectivity index (χ1v) is 11.5. The maximum atomic E-state index is 5.43. The Morgan fingerprint density at radius 1 is 1.17 bits per heavy atom. The standard InChI is InChI=1S/C11H14Ge/c1-5-10-8-6-7-9-11(10)12(2,3)4/h1,6-9H,2-4H3. The molecule has 62 valence electrons. The number of benzene rings is 1. The van der Waals surface area contributed by atoms with E-state index in [0.717, 1.165) is 5.56 Å². The van der Waals surface area contributed by atoms with Crippen molar-refractivity contribution in [3.05, 3.63) is 29.8 Å². The van der Waals surface area contributed by atoms with Gasteiger partial charge in [-0.05, 0) is 0 Å². The summed E-state index contributed by atoms with van der Waals surface area (Å²) in [7, 11) is 0. The molecule has 0 aromatic heterocycles. The number of hydrogen-bond acceptors (Lipinski definition) is 0.